The van der Waals surface area contributed by atoms with Crippen LogP contribution in [0.3, 0.4) is 0 Å². The van der Waals surface area contributed by atoms with Gasteiger partial charge in [-0.2, -0.15) is 5.26 Å². The normalized spacial score (nSPS) is 9.25. The molecule has 84 valence electrons. The molecule has 1 N–H and O–H groups in total. The van der Waals surface area contributed by atoms with Crippen molar-refractivity contribution >= 4 is 6.09 Å². The maximum atomic E-state index is 11.1. The van der Waals surface area contributed by atoms with Crippen molar-refractivity contribution in [3.8, 4) is 6.07 Å². The molecule has 0 fully saturated rings. The zero-order valence-corrected chi connectivity index (χ0v) is 9.19. The second kappa shape index (κ2) is 6.46. The number of rotatable bonds is 4. The Morgan fingerprint density at radius 1 is 1.44 bits per heavy atom. The highest BCUT2D eigenvalue weighted by molar-refractivity contribution is 5.67. The van der Waals surface area contributed by atoms with Crippen molar-refractivity contribution in [1.29, 1.82) is 5.26 Å². The van der Waals surface area contributed by atoms with Crippen molar-refractivity contribution in [3.05, 3.63) is 35.4 Å². The maximum Gasteiger partial charge on any atom is 0.407 e. The van der Waals surface area contributed by atoms with Gasteiger partial charge in [-0.15, -0.1) is 0 Å². The van der Waals surface area contributed by atoms with Crippen LogP contribution >= 0.6 is 0 Å². The lowest BCUT2D eigenvalue weighted by molar-refractivity contribution is 0.140. The lowest BCUT2D eigenvalue weighted by atomic mass is 10.2. The van der Waals surface area contributed by atoms with Crippen LogP contribution in [0.1, 0.15) is 17.5 Å². The van der Waals surface area contributed by atoms with Crippen molar-refractivity contribution in [3.63, 3.8) is 0 Å². The first-order valence-corrected chi connectivity index (χ1v) is 5.05. The van der Waals surface area contributed by atoms with E-state index in [1.165, 1.54) is 5.56 Å². The van der Waals surface area contributed by atoms with Gasteiger partial charge in [-0.25, -0.2) is 4.79 Å². The Kier molecular flexibility index (Phi) is 4.87. The molecular weight excluding hydrogens is 204 g/mol. The van der Waals surface area contributed by atoms with E-state index in [4.69, 9.17) is 10.00 Å². The Morgan fingerprint density at radius 2 is 2.12 bits per heavy atom. The van der Waals surface area contributed by atoms with Gasteiger partial charge >= 0.3 is 6.09 Å². The van der Waals surface area contributed by atoms with Gasteiger partial charge in [0.1, 0.15) is 6.61 Å². The van der Waals surface area contributed by atoms with Gasteiger partial charge in [0, 0.05) is 6.54 Å². The molecule has 4 heteroatoms. The smallest absolute Gasteiger partial charge is 0.407 e. The fourth-order valence-electron chi connectivity index (χ4n) is 1.10. The van der Waals surface area contributed by atoms with E-state index in [0.29, 0.717) is 13.0 Å². The third kappa shape index (κ3) is 4.47. The molecule has 0 spiro atoms. The quantitative estimate of drug-likeness (QED) is 0.787. The molecule has 16 heavy (non-hydrogen) atoms. The number of nitrogens with zero attached hydrogens (tertiary/aromatic N) is 1. The minimum atomic E-state index is -0.490. The first-order valence-electron chi connectivity index (χ1n) is 5.05. The molecule has 4 nitrogen and oxygen atoms in total. The molecule has 0 aliphatic carbocycles. The SMILES string of the molecule is Cc1ccc(COC(=O)NCCC#N)cc1. The number of alkyl carbamates (subject to hydrolysis) is 1. The summed E-state index contributed by atoms with van der Waals surface area (Å²) in [6.45, 7) is 2.57. The molecule has 0 bridgehead atoms. The lowest BCUT2D eigenvalue weighted by Crippen LogP contribution is -2.24. The first kappa shape index (κ1) is 12.1. The number of nitrogens with one attached hydrogen (secondary N) is 1. The Balaban J connectivity index is 2.26. The molecule has 0 saturated carbocycles. The number of amides is 1. The number of hydrogen-bond acceptors (Lipinski definition) is 3. The van der Waals surface area contributed by atoms with E-state index >= 15 is 0 Å². The second-order valence-corrected chi connectivity index (χ2v) is 3.40. The van der Waals surface area contributed by atoms with Crippen molar-refractivity contribution in [2.45, 2.75) is 20.0 Å². The summed E-state index contributed by atoms with van der Waals surface area (Å²) in [6, 6.07) is 9.69. The molecule has 0 heterocycles. The van der Waals surface area contributed by atoms with Crippen LogP contribution in [0.15, 0.2) is 24.3 Å². The van der Waals surface area contributed by atoms with E-state index in [1.54, 1.807) is 0 Å². The summed E-state index contributed by atoms with van der Waals surface area (Å²) in [5.41, 5.74) is 2.11. The second-order valence-electron chi connectivity index (χ2n) is 3.40. The van der Waals surface area contributed by atoms with Crippen LogP contribution in [0.4, 0.5) is 4.79 Å². The number of nitriles is 1. The molecule has 0 aliphatic rings. The first-order chi connectivity index (χ1) is 7.72. The van der Waals surface area contributed by atoms with E-state index in [0.717, 1.165) is 5.56 Å². The van der Waals surface area contributed by atoms with Gasteiger partial charge < -0.3 is 10.1 Å². The number of ether oxygens (including phenoxy) is 1. The topological polar surface area (TPSA) is 62.1 Å². The minimum Gasteiger partial charge on any atom is -0.445 e. The Morgan fingerprint density at radius 3 is 2.75 bits per heavy atom. The summed E-state index contributed by atoms with van der Waals surface area (Å²) in [6.07, 6.45) is -0.199. The number of benzene rings is 1. The Labute approximate surface area is 94.8 Å². The van der Waals surface area contributed by atoms with Crippen LogP contribution in [0, 0.1) is 18.3 Å². The molecule has 1 aromatic rings. The summed E-state index contributed by atoms with van der Waals surface area (Å²) >= 11 is 0. The van der Waals surface area contributed by atoms with E-state index < -0.39 is 6.09 Å². The fraction of sp³-hybridized carbons (Fsp3) is 0.333. The average molecular weight is 218 g/mol. The molecule has 0 radical (unpaired) electrons. The average Bonchev–Trinajstić information content (AvgIpc) is 2.29. The van der Waals surface area contributed by atoms with Crippen molar-refractivity contribution in [1.82, 2.24) is 5.32 Å². The van der Waals surface area contributed by atoms with E-state index in [1.807, 2.05) is 37.3 Å². The zero-order valence-electron chi connectivity index (χ0n) is 9.19. The van der Waals surface area contributed by atoms with Crippen LogP contribution < -0.4 is 5.32 Å². The van der Waals surface area contributed by atoms with E-state index in [-0.39, 0.29) is 6.61 Å². The summed E-state index contributed by atoms with van der Waals surface area (Å²) in [4.78, 5) is 11.1. The zero-order chi connectivity index (χ0) is 11.8. The third-order valence-electron chi connectivity index (χ3n) is 2.00. The summed E-state index contributed by atoms with van der Waals surface area (Å²) < 4.78 is 4.96. The van der Waals surface area contributed by atoms with E-state index in [9.17, 15) is 4.79 Å². The molecule has 0 aromatic heterocycles. The monoisotopic (exact) mass is 218 g/mol. The molecule has 0 unspecified atom stereocenters. The van der Waals surface area contributed by atoms with Gasteiger partial charge in [0.25, 0.3) is 0 Å². The van der Waals surface area contributed by atoms with Crippen molar-refractivity contribution < 1.29 is 9.53 Å². The van der Waals surface area contributed by atoms with Crippen molar-refractivity contribution in [2.24, 2.45) is 0 Å². The Hall–Kier alpha value is -2.02. The lowest BCUT2D eigenvalue weighted by Gasteiger charge is -2.05. The van der Waals surface area contributed by atoms with Gasteiger partial charge in [-0.3, -0.25) is 0 Å². The number of aryl methyl sites for hydroxylation is 1. The maximum absolute atomic E-state index is 11.1. The van der Waals surface area contributed by atoms with Crippen molar-refractivity contribution in [2.75, 3.05) is 6.54 Å². The summed E-state index contributed by atoms with van der Waals surface area (Å²) in [7, 11) is 0. The van der Waals surface area contributed by atoms with Crippen LogP contribution in [-0.4, -0.2) is 12.6 Å². The van der Waals surface area contributed by atoms with E-state index in [2.05, 4.69) is 5.32 Å². The summed E-state index contributed by atoms with van der Waals surface area (Å²) in [5.74, 6) is 0. The molecule has 0 saturated heterocycles. The molecule has 0 aliphatic heterocycles. The Bertz CT molecular complexity index is 379. The number of hydrogen-bond donors (Lipinski definition) is 1. The molecule has 1 aromatic carbocycles. The predicted octanol–water partition coefficient (Wildman–Crippen LogP) is 2.13. The molecule has 0 atom stereocenters. The van der Waals surface area contributed by atoms with Gasteiger partial charge in [-0.1, -0.05) is 29.8 Å². The molecular formula is C12H14N2O2. The summed E-state index contributed by atoms with van der Waals surface area (Å²) in [5, 5.41) is 10.8. The highest BCUT2D eigenvalue weighted by Crippen LogP contribution is 2.04. The third-order valence-corrected chi connectivity index (χ3v) is 2.00. The highest BCUT2D eigenvalue weighted by atomic mass is 16.5. The fourth-order valence-corrected chi connectivity index (χ4v) is 1.10. The van der Waals surface area contributed by atoms with Gasteiger partial charge in [0.05, 0.1) is 12.5 Å². The molecule has 1 amide bonds. The minimum absolute atomic E-state index is 0.249. The van der Waals surface area contributed by atoms with Crippen LogP contribution in [-0.2, 0) is 11.3 Å². The van der Waals surface area contributed by atoms with Crippen LogP contribution in [0.5, 0.6) is 0 Å². The van der Waals surface area contributed by atoms with Crippen LogP contribution in [0.2, 0.25) is 0 Å². The number of carbonyl (C=O) groups excluding carboxylic acids is 1. The largest absolute Gasteiger partial charge is 0.445 e. The standard InChI is InChI=1S/C12H14N2O2/c1-10-3-5-11(6-4-10)9-16-12(15)14-8-2-7-13/h3-6H,2,8-9H2,1H3,(H,14,15). The molecule has 1 rings (SSSR count). The highest BCUT2D eigenvalue weighted by Gasteiger charge is 2.01. The van der Waals surface area contributed by atoms with Gasteiger partial charge in [0.2, 0.25) is 0 Å². The number of carbonyl (C=O) groups is 1. The van der Waals surface area contributed by atoms with Gasteiger partial charge in [0.15, 0.2) is 0 Å². The van der Waals surface area contributed by atoms with Crippen LogP contribution in [0.25, 0.3) is 0 Å². The van der Waals surface area contributed by atoms with Gasteiger partial charge in [-0.05, 0) is 12.5 Å². The predicted molar refractivity (Wildman–Crippen MR) is 59.6 cm³/mol.